The van der Waals surface area contributed by atoms with Gasteiger partial charge in [-0.2, -0.15) is 0 Å². The lowest BCUT2D eigenvalue weighted by Gasteiger charge is -2.11. The van der Waals surface area contributed by atoms with Crippen molar-refractivity contribution in [3.05, 3.63) is 53.6 Å². The van der Waals surface area contributed by atoms with E-state index in [1.165, 1.54) is 0 Å². The SMILES string of the molecule is Cc1cccc(NC(=O)COc2cccc(N)c2C)c1. The van der Waals surface area contributed by atoms with Crippen LogP contribution in [0.2, 0.25) is 0 Å². The van der Waals surface area contributed by atoms with Gasteiger partial charge in [-0.3, -0.25) is 4.79 Å². The van der Waals surface area contributed by atoms with Crippen LogP contribution in [0.1, 0.15) is 11.1 Å². The lowest BCUT2D eigenvalue weighted by Crippen LogP contribution is -2.20. The highest BCUT2D eigenvalue weighted by Gasteiger charge is 2.06. The number of nitrogens with two attached hydrogens (primary N) is 1. The third-order valence-corrected chi connectivity index (χ3v) is 2.99. The Kier molecular flexibility index (Phi) is 4.25. The van der Waals surface area contributed by atoms with Crippen LogP contribution in [0.5, 0.6) is 5.75 Å². The van der Waals surface area contributed by atoms with E-state index in [9.17, 15) is 4.79 Å². The number of hydrogen-bond donors (Lipinski definition) is 2. The molecule has 2 aromatic carbocycles. The van der Waals surface area contributed by atoms with Crippen LogP contribution in [0.3, 0.4) is 0 Å². The molecule has 0 saturated heterocycles. The highest BCUT2D eigenvalue weighted by Crippen LogP contribution is 2.22. The second kappa shape index (κ2) is 6.10. The molecule has 104 valence electrons. The summed E-state index contributed by atoms with van der Waals surface area (Å²) in [6.45, 7) is 3.80. The Labute approximate surface area is 118 Å². The molecule has 0 aromatic heterocycles. The van der Waals surface area contributed by atoms with Gasteiger partial charge in [0.1, 0.15) is 5.75 Å². The number of amides is 1. The van der Waals surface area contributed by atoms with Gasteiger partial charge in [0.25, 0.3) is 5.91 Å². The van der Waals surface area contributed by atoms with Gasteiger partial charge in [-0.25, -0.2) is 0 Å². The van der Waals surface area contributed by atoms with Gasteiger partial charge in [0.2, 0.25) is 0 Å². The molecule has 0 atom stereocenters. The van der Waals surface area contributed by atoms with Gasteiger partial charge in [-0.1, -0.05) is 18.2 Å². The molecule has 4 heteroatoms. The van der Waals surface area contributed by atoms with Crippen LogP contribution in [-0.2, 0) is 4.79 Å². The molecule has 0 bridgehead atoms. The maximum Gasteiger partial charge on any atom is 0.262 e. The van der Waals surface area contributed by atoms with E-state index < -0.39 is 0 Å². The molecule has 20 heavy (non-hydrogen) atoms. The minimum atomic E-state index is -0.197. The molecule has 0 aliphatic heterocycles. The standard InChI is InChI=1S/C16H18N2O2/c1-11-5-3-6-13(9-11)18-16(19)10-20-15-8-4-7-14(17)12(15)2/h3-9H,10,17H2,1-2H3,(H,18,19). The van der Waals surface area contributed by atoms with Crippen molar-refractivity contribution in [2.45, 2.75) is 13.8 Å². The van der Waals surface area contributed by atoms with Crippen molar-refractivity contribution in [1.82, 2.24) is 0 Å². The second-order valence-corrected chi connectivity index (χ2v) is 4.68. The lowest BCUT2D eigenvalue weighted by molar-refractivity contribution is -0.118. The molecular formula is C16H18N2O2. The van der Waals surface area contributed by atoms with Gasteiger partial charge in [0.15, 0.2) is 6.61 Å². The molecular weight excluding hydrogens is 252 g/mol. The second-order valence-electron chi connectivity index (χ2n) is 4.68. The van der Waals surface area contributed by atoms with Crippen molar-refractivity contribution in [3.63, 3.8) is 0 Å². The van der Waals surface area contributed by atoms with Gasteiger partial charge in [-0.15, -0.1) is 0 Å². The number of hydrogen-bond acceptors (Lipinski definition) is 3. The summed E-state index contributed by atoms with van der Waals surface area (Å²) in [5.41, 5.74) is 9.14. The largest absolute Gasteiger partial charge is 0.483 e. The van der Waals surface area contributed by atoms with Gasteiger partial charge in [0.05, 0.1) is 0 Å². The Hall–Kier alpha value is -2.49. The van der Waals surface area contributed by atoms with E-state index in [0.29, 0.717) is 11.4 Å². The highest BCUT2D eigenvalue weighted by atomic mass is 16.5. The van der Waals surface area contributed by atoms with Crippen LogP contribution >= 0.6 is 0 Å². The fraction of sp³-hybridized carbons (Fsp3) is 0.188. The maximum absolute atomic E-state index is 11.8. The molecule has 1 amide bonds. The molecule has 0 spiro atoms. The van der Waals surface area contributed by atoms with Crippen LogP contribution in [0.25, 0.3) is 0 Å². The quantitative estimate of drug-likeness (QED) is 0.840. The maximum atomic E-state index is 11.8. The molecule has 0 heterocycles. The average Bonchev–Trinajstić information content (AvgIpc) is 2.40. The predicted molar refractivity (Wildman–Crippen MR) is 80.9 cm³/mol. The first-order valence-electron chi connectivity index (χ1n) is 6.40. The number of benzene rings is 2. The first-order chi connectivity index (χ1) is 9.56. The number of ether oxygens (including phenoxy) is 1. The van der Waals surface area contributed by atoms with Crippen LogP contribution in [0, 0.1) is 13.8 Å². The van der Waals surface area contributed by atoms with Gasteiger partial charge >= 0.3 is 0 Å². The van der Waals surface area contributed by atoms with Crippen molar-refractivity contribution >= 4 is 17.3 Å². The number of rotatable bonds is 4. The van der Waals surface area contributed by atoms with Crippen molar-refractivity contribution < 1.29 is 9.53 Å². The molecule has 0 aliphatic carbocycles. The fourth-order valence-electron chi connectivity index (χ4n) is 1.85. The lowest BCUT2D eigenvalue weighted by atomic mass is 10.2. The summed E-state index contributed by atoms with van der Waals surface area (Å²) in [6.07, 6.45) is 0. The molecule has 2 rings (SSSR count). The van der Waals surface area contributed by atoms with E-state index in [-0.39, 0.29) is 12.5 Å². The van der Waals surface area contributed by atoms with Crippen LogP contribution in [-0.4, -0.2) is 12.5 Å². The van der Waals surface area contributed by atoms with Gasteiger partial charge in [-0.05, 0) is 43.7 Å². The Morgan fingerprint density at radius 3 is 2.70 bits per heavy atom. The number of carbonyl (C=O) groups excluding carboxylic acids is 1. The minimum Gasteiger partial charge on any atom is -0.483 e. The van der Waals surface area contributed by atoms with E-state index >= 15 is 0 Å². The highest BCUT2D eigenvalue weighted by molar-refractivity contribution is 5.91. The smallest absolute Gasteiger partial charge is 0.262 e. The first-order valence-corrected chi connectivity index (χ1v) is 6.40. The molecule has 0 aliphatic rings. The normalized spacial score (nSPS) is 10.1. The number of anilines is 2. The van der Waals surface area contributed by atoms with Gasteiger partial charge in [0, 0.05) is 16.9 Å². The van der Waals surface area contributed by atoms with Crippen molar-refractivity contribution in [2.24, 2.45) is 0 Å². The van der Waals surface area contributed by atoms with Gasteiger partial charge < -0.3 is 15.8 Å². The molecule has 0 unspecified atom stereocenters. The number of carbonyl (C=O) groups is 1. The monoisotopic (exact) mass is 270 g/mol. The molecule has 0 radical (unpaired) electrons. The molecule has 0 fully saturated rings. The Bertz CT molecular complexity index is 624. The zero-order valence-corrected chi connectivity index (χ0v) is 11.6. The van der Waals surface area contributed by atoms with Crippen molar-refractivity contribution in [1.29, 1.82) is 0 Å². The zero-order chi connectivity index (χ0) is 14.5. The van der Waals surface area contributed by atoms with Crippen LogP contribution < -0.4 is 15.8 Å². The molecule has 3 N–H and O–H groups in total. The van der Waals surface area contributed by atoms with E-state index in [0.717, 1.165) is 16.8 Å². The van der Waals surface area contributed by atoms with Crippen molar-refractivity contribution in [2.75, 3.05) is 17.7 Å². The summed E-state index contributed by atoms with van der Waals surface area (Å²) in [7, 11) is 0. The Balaban J connectivity index is 1.94. The Morgan fingerprint density at radius 2 is 1.95 bits per heavy atom. The summed E-state index contributed by atoms with van der Waals surface area (Å²) in [6, 6.07) is 13.0. The number of nitrogen functional groups attached to an aromatic ring is 1. The van der Waals surface area contributed by atoms with Crippen LogP contribution in [0.15, 0.2) is 42.5 Å². The van der Waals surface area contributed by atoms with E-state index in [2.05, 4.69) is 5.32 Å². The topological polar surface area (TPSA) is 64.3 Å². The van der Waals surface area contributed by atoms with Crippen molar-refractivity contribution in [3.8, 4) is 5.75 Å². The average molecular weight is 270 g/mol. The Morgan fingerprint density at radius 1 is 1.20 bits per heavy atom. The van der Waals surface area contributed by atoms with E-state index in [1.54, 1.807) is 18.2 Å². The predicted octanol–water partition coefficient (Wildman–Crippen LogP) is 2.90. The first kappa shape index (κ1) is 13.9. The molecule has 2 aromatic rings. The summed E-state index contributed by atoms with van der Waals surface area (Å²) >= 11 is 0. The number of nitrogens with one attached hydrogen (secondary N) is 1. The fourth-order valence-corrected chi connectivity index (χ4v) is 1.85. The molecule has 4 nitrogen and oxygen atoms in total. The van der Waals surface area contributed by atoms with E-state index in [1.807, 2.05) is 38.1 Å². The summed E-state index contributed by atoms with van der Waals surface area (Å²) in [5.74, 6) is 0.432. The number of aryl methyl sites for hydroxylation is 1. The third-order valence-electron chi connectivity index (χ3n) is 2.99. The summed E-state index contributed by atoms with van der Waals surface area (Å²) < 4.78 is 5.49. The molecule has 0 saturated carbocycles. The minimum absolute atomic E-state index is 0.0434. The third kappa shape index (κ3) is 3.51. The van der Waals surface area contributed by atoms with E-state index in [4.69, 9.17) is 10.5 Å². The zero-order valence-electron chi connectivity index (χ0n) is 11.6. The van der Waals surface area contributed by atoms with Crippen LogP contribution in [0.4, 0.5) is 11.4 Å². The summed E-state index contributed by atoms with van der Waals surface area (Å²) in [5, 5.41) is 2.79. The summed E-state index contributed by atoms with van der Waals surface area (Å²) in [4.78, 5) is 11.8.